The number of carbonyl (C=O) groups is 3. The van der Waals surface area contributed by atoms with E-state index in [1.807, 2.05) is 50.2 Å². The minimum absolute atomic E-state index is 0.0294. The number of ether oxygens (including phenoxy) is 1. The van der Waals surface area contributed by atoms with Crippen molar-refractivity contribution in [3.63, 3.8) is 0 Å². The summed E-state index contributed by atoms with van der Waals surface area (Å²) in [6, 6.07) is 9.40. The first-order chi connectivity index (χ1) is 15.8. The van der Waals surface area contributed by atoms with Crippen LogP contribution in [0.1, 0.15) is 41.9 Å². The molecule has 33 heavy (non-hydrogen) atoms. The van der Waals surface area contributed by atoms with Gasteiger partial charge in [-0.05, 0) is 43.7 Å². The van der Waals surface area contributed by atoms with Crippen LogP contribution in [0.3, 0.4) is 0 Å². The Kier molecular flexibility index (Phi) is 8.51. The molecule has 1 aromatic carbocycles. The Morgan fingerprint density at radius 2 is 1.94 bits per heavy atom. The highest BCUT2D eigenvalue weighted by atomic mass is 32.2. The molecule has 2 N–H and O–H groups in total. The number of carbonyl (C=O) groups excluding carboxylic acids is 3. The number of hydrogen-bond donors (Lipinski definition) is 2. The number of aliphatic imine (C=N–C) groups is 1. The van der Waals surface area contributed by atoms with Crippen LogP contribution in [0, 0.1) is 0 Å². The Balaban J connectivity index is 1.65. The van der Waals surface area contributed by atoms with Gasteiger partial charge in [-0.3, -0.25) is 9.59 Å². The van der Waals surface area contributed by atoms with Gasteiger partial charge in [0.05, 0.1) is 17.9 Å². The molecule has 10 heteroatoms. The fourth-order valence-electron chi connectivity index (χ4n) is 3.15. The molecule has 0 spiro atoms. The Bertz CT molecular complexity index is 1050. The van der Waals surface area contributed by atoms with Gasteiger partial charge in [-0.15, -0.1) is 11.3 Å². The Labute approximate surface area is 201 Å². The predicted octanol–water partition coefficient (Wildman–Crippen LogP) is 4.19. The van der Waals surface area contributed by atoms with Gasteiger partial charge < -0.3 is 20.3 Å². The standard InChI is InChI=1S/C23H28N4O4S2/c1-5-7-16-12-17(22(30)31-6-2)21(32-16)25-19(28)13-18-20(29)26-23(33-18)24-14-8-10-15(11-9-14)27(3)4/h8-12,18H,5-7,13H2,1-4H3,(H,25,28)(H,24,26,29). The molecule has 8 nitrogen and oxygen atoms in total. The third-order valence-corrected chi connectivity index (χ3v) is 6.96. The van der Waals surface area contributed by atoms with Crippen LogP contribution in [-0.2, 0) is 20.7 Å². The number of hydrogen-bond acceptors (Lipinski definition) is 8. The van der Waals surface area contributed by atoms with E-state index in [1.165, 1.54) is 23.1 Å². The molecule has 1 atom stereocenters. The Morgan fingerprint density at radius 3 is 2.58 bits per heavy atom. The van der Waals surface area contributed by atoms with Gasteiger partial charge in [0.15, 0.2) is 5.17 Å². The normalized spacial score (nSPS) is 16.5. The van der Waals surface area contributed by atoms with Crippen LogP contribution in [0.4, 0.5) is 16.4 Å². The molecular weight excluding hydrogens is 460 g/mol. The fraction of sp³-hybridized carbons (Fsp3) is 0.391. The largest absolute Gasteiger partial charge is 0.462 e. The SMILES string of the molecule is CCCc1cc(C(=O)OCC)c(NC(=O)CC2SC(=Nc3ccc(N(C)C)cc3)NC2=O)s1. The average molecular weight is 489 g/mol. The molecule has 1 saturated heterocycles. The van der Waals surface area contributed by atoms with Crippen molar-refractivity contribution in [2.75, 3.05) is 30.9 Å². The topological polar surface area (TPSA) is 100 Å². The number of anilines is 2. The van der Waals surface area contributed by atoms with E-state index in [4.69, 9.17) is 4.74 Å². The summed E-state index contributed by atoms with van der Waals surface area (Å²) in [5.41, 5.74) is 2.12. The fourth-order valence-corrected chi connectivity index (χ4v) is 5.30. The van der Waals surface area contributed by atoms with Crippen LogP contribution >= 0.6 is 23.1 Å². The summed E-state index contributed by atoms with van der Waals surface area (Å²) < 4.78 is 5.11. The summed E-state index contributed by atoms with van der Waals surface area (Å²) in [4.78, 5) is 44.8. The minimum atomic E-state index is -0.592. The molecule has 1 fully saturated rings. The van der Waals surface area contributed by atoms with Gasteiger partial charge in [0.25, 0.3) is 0 Å². The van der Waals surface area contributed by atoms with Crippen molar-refractivity contribution < 1.29 is 19.1 Å². The first kappa shape index (κ1) is 24.8. The summed E-state index contributed by atoms with van der Waals surface area (Å²) >= 11 is 2.59. The maximum absolute atomic E-state index is 12.7. The molecule has 1 aliphatic heterocycles. The summed E-state index contributed by atoms with van der Waals surface area (Å²) in [5.74, 6) is -1.06. The quantitative estimate of drug-likeness (QED) is 0.514. The van der Waals surface area contributed by atoms with E-state index in [0.29, 0.717) is 15.7 Å². The molecule has 1 aromatic heterocycles. The zero-order chi connectivity index (χ0) is 24.0. The number of thioether (sulfide) groups is 1. The van der Waals surface area contributed by atoms with Crippen LogP contribution in [0.15, 0.2) is 35.3 Å². The van der Waals surface area contributed by atoms with E-state index in [-0.39, 0.29) is 24.8 Å². The number of amidine groups is 1. The number of aryl methyl sites for hydroxylation is 1. The van der Waals surface area contributed by atoms with Crippen molar-refractivity contribution in [2.45, 2.75) is 38.4 Å². The van der Waals surface area contributed by atoms with Crippen molar-refractivity contribution in [1.29, 1.82) is 0 Å². The number of thiophene rings is 1. The molecule has 0 radical (unpaired) electrons. The van der Waals surface area contributed by atoms with Crippen molar-refractivity contribution in [3.05, 3.63) is 40.8 Å². The van der Waals surface area contributed by atoms with Gasteiger partial charge in [-0.2, -0.15) is 0 Å². The zero-order valence-corrected chi connectivity index (χ0v) is 20.8. The number of nitrogens with one attached hydrogen (secondary N) is 2. The second-order valence-electron chi connectivity index (χ2n) is 7.60. The smallest absolute Gasteiger partial charge is 0.341 e. The predicted molar refractivity (Wildman–Crippen MR) is 135 cm³/mol. The minimum Gasteiger partial charge on any atom is -0.462 e. The van der Waals surface area contributed by atoms with Crippen molar-refractivity contribution >= 4 is 62.4 Å². The van der Waals surface area contributed by atoms with Gasteiger partial charge in [-0.1, -0.05) is 25.1 Å². The van der Waals surface area contributed by atoms with E-state index in [9.17, 15) is 14.4 Å². The van der Waals surface area contributed by atoms with Gasteiger partial charge in [0.1, 0.15) is 10.3 Å². The Hall–Kier alpha value is -2.85. The zero-order valence-electron chi connectivity index (χ0n) is 19.1. The second-order valence-corrected chi connectivity index (χ2v) is 9.93. The van der Waals surface area contributed by atoms with Crippen LogP contribution in [0.25, 0.3) is 0 Å². The summed E-state index contributed by atoms with van der Waals surface area (Å²) in [7, 11) is 3.92. The number of nitrogens with zero attached hydrogens (tertiary/aromatic N) is 2. The highest BCUT2D eigenvalue weighted by Gasteiger charge is 2.32. The lowest BCUT2D eigenvalue weighted by Gasteiger charge is -2.11. The number of rotatable bonds is 9. The van der Waals surface area contributed by atoms with E-state index in [1.54, 1.807) is 13.0 Å². The highest BCUT2D eigenvalue weighted by molar-refractivity contribution is 8.15. The summed E-state index contributed by atoms with van der Waals surface area (Å²) in [6.45, 7) is 4.04. The van der Waals surface area contributed by atoms with Gasteiger partial charge in [-0.25, -0.2) is 9.79 Å². The molecule has 176 valence electrons. The second kappa shape index (κ2) is 11.3. The summed E-state index contributed by atoms with van der Waals surface area (Å²) in [5, 5.41) is 5.87. The van der Waals surface area contributed by atoms with E-state index in [0.717, 1.165) is 29.1 Å². The molecule has 2 heterocycles. The maximum Gasteiger partial charge on any atom is 0.341 e. The van der Waals surface area contributed by atoms with Crippen LogP contribution in [0.5, 0.6) is 0 Å². The highest BCUT2D eigenvalue weighted by Crippen LogP contribution is 2.31. The van der Waals surface area contributed by atoms with E-state index < -0.39 is 11.2 Å². The third-order valence-electron chi connectivity index (χ3n) is 4.77. The maximum atomic E-state index is 12.7. The average Bonchev–Trinajstić information content (AvgIpc) is 3.31. The van der Waals surface area contributed by atoms with Crippen molar-refractivity contribution in [1.82, 2.24) is 5.32 Å². The molecule has 0 bridgehead atoms. The molecule has 1 unspecified atom stereocenters. The lowest BCUT2D eigenvalue weighted by Crippen LogP contribution is -2.28. The van der Waals surface area contributed by atoms with Crippen LogP contribution in [-0.4, -0.2) is 48.9 Å². The first-order valence-corrected chi connectivity index (χ1v) is 12.4. The molecule has 3 rings (SSSR count). The first-order valence-electron chi connectivity index (χ1n) is 10.7. The number of benzene rings is 1. The number of amides is 2. The Morgan fingerprint density at radius 1 is 1.21 bits per heavy atom. The van der Waals surface area contributed by atoms with Crippen molar-refractivity contribution in [2.24, 2.45) is 4.99 Å². The lowest BCUT2D eigenvalue weighted by atomic mass is 10.2. The molecule has 0 aliphatic carbocycles. The van der Waals surface area contributed by atoms with E-state index >= 15 is 0 Å². The van der Waals surface area contributed by atoms with Gasteiger partial charge >= 0.3 is 5.97 Å². The van der Waals surface area contributed by atoms with Gasteiger partial charge in [0, 0.05) is 31.1 Å². The molecule has 2 aromatic rings. The third kappa shape index (κ3) is 6.58. The van der Waals surface area contributed by atoms with Crippen LogP contribution in [0.2, 0.25) is 0 Å². The molecule has 1 aliphatic rings. The monoisotopic (exact) mass is 488 g/mol. The van der Waals surface area contributed by atoms with Crippen molar-refractivity contribution in [3.8, 4) is 0 Å². The van der Waals surface area contributed by atoms with Crippen LogP contribution < -0.4 is 15.5 Å². The molecule has 2 amide bonds. The molecular formula is C23H28N4O4S2. The molecule has 0 saturated carbocycles. The van der Waals surface area contributed by atoms with E-state index in [2.05, 4.69) is 15.6 Å². The lowest BCUT2D eigenvalue weighted by molar-refractivity contribution is -0.122. The number of esters is 1. The summed E-state index contributed by atoms with van der Waals surface area (Å²) in [6.07, 6.45) is 1.70. The van der Waals surface area contributed by atoms with Gasteiger partial charge in [0.2, 0.25) is 11.8 Å².